The molecule has 0 atom stereocenters. The van der Waals surface area contributed by atoms with Crippen molar-refractivity contribution in [2.24, 2.45) is 17.3 Å². The van der Waals surface area contributed by atoms with Crippen LogP contribution < -0.4 is 0 Å². The fourth-order valence-electron chi connectivity index (χ4n) is 4.02. The average Bonchev–Trinajstić information content (AvgIpc) is 2.28. The fourth-order valence-corrected chi connectivity index (χ4v) is 4.02. The van der Waals surface area contributed by atoms with E-state index in [9.17, 15) is 0 Å². The van der Waals surface area contributed by atoms with Crippen LogP contribution in [-0.2, 0) is 0 Å². The van der Waals surface area contributed by atoms with Crippen LogP contribution in [0.2, 0.25) is 0 Å². The Hall–Kier alpha value is 0. The topological polar surface area (TPSA) is 0 Å². The van der Waals surface area contributed by atoms with Gasteiger partial charge >= 0.3 is 0 Å². The second-order valence-corrected chi connectivity index (χ2v) is 6.93. The van der Waals surface area contributed by atoms with Crippen molar-refractivity contribution >= 4 is 0 Å². The Morgan fingerprint density at radius 3 is 2.18 bits per heavy atom. The summed E-state index contributed by atoms with van der Waals surface area (Å²) >= 11 is 0. The first kappa shape index (κ1) is 15.1. The van der Waals surface area contributed by atoms with Gasteiger partial charge in [0.25, 0.3) is 0 Å². The smallest absolute Gasteiger partial charge is 0.0295 e. The summed E-state index contributed by atoms with van der Waals surface area (Å²) in [5.74, 6) is 1.95. The van der Waals surface area contributed by atoms with E-state index in [-0.39, 0.29) is 0 Å². The van der Waals surface area contributed by atoms with Gasteiger partial charge in [0.05, 0.1) is 0 Å². The molecule has 0 saturated heterocycles. The highest BCUT2D eigenvalue weighted by Crippen LogP contribution is 2.47. The molecule has 0 aliphatic heterocycles. The lowest BCUT2D eigenvalue weighted by Crippen LogP contribution is -2.29. The summed E-state index contributed by atoms with van der Waals surface area (Å²) in [5, 5.41) is 0. The molecule has 17 heavy (non-hydrogen) atoms. The normalized spacial score (nSPS) is 29.8. The molecule has 0 unspecified atom stereocenters. The van der Waals surface area contributed by atoms with E-state index in [2.05, 4.69) is 27.7 Å². The van der Waals surface area contributed by atoms with Gasteiger partial charge in [-0.1, -0.05) is 53.4 Å². The van der Waals surface area contributed by atoms with Crippen molar-refractivity contribution in [1.82, 2.24) is 0 Å². The predicted molar refractivity (Wildman–Crippen MR) is 78.3 cm³/mol. The van der Waals surface area contributed by atoms with Crippen molar-refractivity contribution in [3.05, 3.63) is 0 Å². The molecule has 0 amide bonds. The predicted octanol–water partition coefficient (Wildman–Crippen LogP) is 6.20. The monoisotopic (exact) mass is 238 g/mol. The molecule has 1 aliphatic rings. The Morgan fingerprint density at radius 2 is 1.71 bits per heavy atom. The molecular weight excluding hydrogens is 204 g/mol. The molecule has 0 bridgehead atoms. The van der Waals surface area contributed by atoms with E-state index in [1.54, 1.807) is 0 Å². The van der Waals surface area contributed by atoms with Gasteiger partial charge in [0.1, 0.15) is 0 Å². The second kappa shape index (κ2) is 7.44. The molecule has 0 aromatic carbocycles. The van der Waals surface area contributed by atoms with E-state index in [0.717, 1.165) is 17.3 Å². The van der Waals surface area contributed by atoms with Gasteiger partial charge in [-0.2, -0.15) is 0 Å². The third-order valence-electron chi connectivity index (χ3n) is 4.75. The molecule has 1 saturated carbocycles. The third kappa shape index (κ3) is 5.02. The van der Waals surface area contributed by atoms with E-state index in [4.69, 9.17) is 0 Å². The standard InChI is InChI=1S/C17H34/c1-5-7-8-16-9-12-17(11-6-2,13-10-16)14-15(3)4/h15-16H,5-14H2,1-4H3. The van der Waals surface area contributed by atoms with Gasteiger partial charge in [0.15, 0.2) is 0 Å². The van der Waals surface area contributed by atoms with Crippen LogP contribution in [0.5, 0.6) is 0 Å². The lowest BCUT2D eigenvalue weighted by atomic mass is 9.64. The molecule has 0 nitrogen and oxygen atoms in total. The first-order chi connectivity index (χ1) is 8.12. The van der Waals surface area contributed by atoms with Crippen LogP contribution in [0, 0.1) is 17.3 Å². The molecule has 1 fully saturated rings. The van der Waals surface area contributed by atoms with Gasteiger partial charge in [-0.25, -0.2) is 0 Å². The Kier molecular flexibility index (Phi) is 6.59. The molecule has 0 aromatic rings. The Morgan fingerprint density at radius 1 is 1.06 bits per heavy atom. The number of hydrogen-bond acceptors (Lipinski definition) is 0. The van der Waals surface area contributed by atoms with Crippen molar-refractivity contribution in [3.63, 3.8) is 0 Å². The van der Waals surface area contributed by atoms with Crippen LogP contribution in [-0.4, -0.2) is 0 Å². The molecule has 0 aromatic heterocycles. The summed E-state index contributed by atoms with van der Waals surface area (Å²) in [6, 6.07) is 0. The number of unbranched alkanes of at least 4 members (excludes halogenated alkanes) is 1. The van der Waals surface area contributed by atoms with Crippen molar-refractivity contribution in [2.45, 2.75) is 91.9 Å². The summed E-state index contributed by atoms with van der Waals surface area (Å²) in [5.41, 5.74) is 0.728. The molecule has 102 valence electrons. The van der Waals surface area contributed by atoms with E-state index >= 15 is 0 Å². The van der Waals surface area contributed by atoms with Crippen LogP contribution in [0.1, 0.15) is 91.9 Å². The second-order valence-electron chi connectivity index (χ2n) is 6.93. The quantitative estimate of drug-likeness (QED) is 0.495. The largest absolute Gasteiger partial charge is 0.0654 e. The Labute approximate surface area is 110 Å². The summed E-state index contributed by atoms with van der Waals surface area (Å²) in [4.78, 5) is 0. The van der Waals surface area contributed by atoms with Crippen molar-refractivity contribution in [3.8, 4) is 0 Å². The van der Waals surface area contributed by atoms with E-state index in [0.29, 0.717) is 0 Å². The Balaban J connectivity index is 2.43. The molecule has 0 heteroatoms. The highest BCUT2D eigenvalue weighted by atomic mass is 14.4. The highest BCUT2D eigenvalue weighted by Gasteiger charge is 2.34. The van der Waals surface area contributed by atoms with Crippen LogP contribution in [0.15, 0.2) is 0 Å². The maximum Gasteiger partial charge on any atom is -0.0295 e. The lowest BCUT2D eigenvalue weighted by molar-refractivity contribution is 0.102. The maximum absolute atomic E-state index is 2.40. The minimum atomic E-state index is 0.728. The first-order valence-electron chi connectivity index (χ1n) is 8.12. The van der Waals surface area contributed by atoms with Crippen molar-refractivity contribution < 1.29 is 0 Å². The van der Waals surface area contributed by atoms with Crippen LogP contribution >= 0.6 is 0 Å². The fraction of sp³-hybridized carbons (Fsp3) is 1.00. The highest BCUT2D eigenvalue weighted by molar-refractivity contribution is 4.86. The van der Waals surface area contributed by atoms with E-state index < -0.39 is 0 Å². The van der Waals surface area contributed by atoms with Gasteiger partial charge in [-0.15, -0.1) is 0 Å². The minimum absolute atomic E-state index is 0.728. The number of rotatable bonds is 7. The average molecular weight is 238 g/mol. The summed E-state index contributed by atoms with van der Waals surface area (Å²) in [7, 11) is 0. The summed E-state index contributed by atoms with van der Waals surface area (Å²) in [6.07, 6.45) is 14.7. The zero-order valence-electron chi connectivity index (χ0n) is 12.7. The van der Waals surface area contributed by atoms with E-state index in [1.165, 1.54) is 64.2 Å². The maximum atomic E-state index is 2.40. The summed E-state index contributed by atoms with van der Waals surface area (Å²) in [6.45, 7) is 9.50. The van der Waals surface area contributed by atoms with Crippen LogP contribution in [0.4, 0.5) is 0 Å². The zero-order chi connectivity index (χ0) is 12.7. The molecule has 0 heterocycles. The molecule has 0 spiro atoms. The third-order valence-corrected chi connectivity index (χ3v) is 4.75. The van der Waals surface area contributed by atoms with Gasteiger partial charge in [-0.05, 0) is 55.8 Å². The van der Waals surface area contributed by atoms with Crippen molar-refractivity contribution in [1.29, 1.82) is 0 Å². The van der Waals surface area contributed by atoms with Gasteiger partial charge < -0.3 is 0 Å². The molecule has 1 aliphatic carbocycles. The van der Waals surface area contributed by atoms with Crippen LogP contribution in [0.3, 0.4) is 0 Å². The van der Waals surface area contributed by atoms with Crippen LogP contribution in [0.25, 0.3) is 0 Å². The van der Waals surface area contributed by atoms with Crippen molar-refractivity contribution in [2.75, 3.05) is 0 Å². The summed E-state index contributed by atoms with van der Waals surface area (Å²) < 4.78 is 0. The van der Waals surface area contributed by atoms with E-state index in [1.807, 2.05) is 0 Å². The van der Waals surface area contributed by atoms with Gasteiger partial charge in [0.2, 0.25) is 0 Å². The van der Waals surface area contributed by atoms with Gasteiger partial charge in [0, 0.05) is 0 Å². The minimum Gasteiger partial charge on any atom is -0.0654 e. The zero-order valence-corrected chi connectivity index (χ0v) is 12.7. The Bertz CT molecular complexity index is 184. The SMILES string of the molecule is CCCCC1CCC(CCC)(CC(C)C)CC1. The first-order valence-corrected chi connectivity index (χ1v) is 8.12. The van der Waals surface area contributed by atoms with Gasteiger partial charge in [-0.3, -0.25) is 0 Å². The molecule has 1 rings (SSSR count). The lowest BCUT2D eigenvalue weighted by Gasteiger charge is -2.42. The molecule has 0 N–H and O–H groups in total. The number of hydrogen-bond donors (Lipinski definition) is 0. The molecular formula is C17H34. The molecule has 0 radical (unpaired) electrons.